The number of anilines is 2. The first-order chi connectivity index (χ1) is 9.54. The molecule has 0 unspecified atom stereocenters. The second-order valence-electron chi connectivity index (χ2n) is 4.45. The number of halogens is 1. The third-order valence-corrected chi connectivity index (χ3v) is 2.79. The van der Waals surface area contributed by atoms with E-state index in [2.05, 4.69) is 5.32 Å². The van der Waals surface area contributed by atoms with Gasteiger partial charge in [-0.2, -0.15) is 0 Å². The Morgan fingerprint density at radius 2 is 1.90 bits per heavy atom. The van der Waals surface area contributed by atoms with Crippen LogP contribution in [0.2, 0.25) is 0 Å². The van der Waals surface area contributed by atoms with E-state index in [1.165, 1.54) is 18.2 Å². The van der Waals surface area contributed by atoms with Crippen LogP contribution in [-0.4, -0.2) is 5.91 Å². The van der Waals surface area contributed by atoms with Crippen molar-refractivity contribution in [2.75, 3.05) is 11.1 Å². The van der Waals surface area contributed by atoms with Gasteiger partial charge in [0.15, 0.2) is 0 Å². The Kier molecular flexibility index (Phi) is 4.15. The van der Waals surface area contributed by atoms with Crippen LogP contribution in [0.1, 0.15) is 11.1 Å². The molecule has 0 aliphatic carbocycles. The average molecular weight is 270 g/mol. The molecule has 0 aliphatic rings. The Morgan fingerprint density at radius 3 is 2.55 bits per heavy atom. The van der Waals surface area contributed by atoms with Gasteiger partial charge in [-0.3, -0.25) is 4.79 Å². The van der Waals surface area contributed by atoms with Crippen molar-refractivity contribution in [3.63, 3.8) is 0 Å². The normalized spacial score (nSPS) is 10.7. The van der Waals surface area contributed by atoms with Crippen LogP contribution < -0.4 is 11.1 Å². The van der Waals surface area contributed by atoms with Crippen molar-refractivity contribution < 1.29 is 9.18 Å². The number of hydrogen-bond acceptors (Lipinski definition) is 2. The molecular formula is C16H15FN2O. The predicted molar refractivity (Wildman–Crippen MR) is 79.7 cm³/mol. The quantitative estimate of drug-likeness (QED) is 0.663. The minimum atomic E-state index is -0.291. The Balaban J connectivity index is 2.01. The number of nitrogens with one attached hydrogen (secondary N) is 1. The Hall–Kier alpha value is -2.62. The summed E-state index contributed by atoms with van der Waals surface area (Å²) in [6.45, 7) is 1.65. The molecule has 0 aliphatic heterocycles. The van der Waals surface area contributed by atoms with Crippen molar-refractivity contribution in [2.24, 2.45) is 0 Å². The number of carbonyl (C=O) groups excluding carboxylic acids is 1. The van der Waals surface area contributed by atoms with E-state index in [0.717, 1.165) is 5.56 Å². The number of nitrogens with two attached hydrogens (primary N) is 1. The largest absolute Gasteiger partial charge is 0.399 e. The molecule has 2 aromatic rings. The molecule has 0 aromatic heterocycles. The predicted octanol–water partition coefficient (Wildman–Crippen LogP) is 3.37. The fourth-order valence-electron chi connectivity index (χ4n) is 1.69. The summed E-state index contributed by atoms with van der Waals surface area (Å²) in [6.07, 6.45) is 3.11. The molecule has 0 saturated heterocycles. The number of carbonyl (C=O) groups is 1. The molecule has 2 aromatic carbocycles. The van der Waals surface area contributed by atoms with E-state index in [-0.39, 0.29) is 11.7 Å². The average Bonchev–Trinajstić information content (AvgIpc) is 2.42. The van der Waals surface area contributed by atoms with Crippen LogP contribution in [0.25, 0.3) is 6.08 Å². The highest BCUT2D eigenvalue weighted by Gasteiger charge is 2.01. The van der Waals surface area contributed by atoms with Gasteiger partial charge in [0.25, 0.3) is 0 Å². The molecule has 20 heavy (non-hydrogen) atoms. The highest BCUT2D eigenvalue weighted by atomic mass is 19.1. The molecule has 1 amide bonds. The highest BCUT2D eigenvalue weighted by Crippen LogP contribution is 2.14. The summed E-state index contributed by atoms with van der Waals surface area (Å²) in [4.78, 5) is 11.7. The summed E-state index contributed by atoms with van der Waals surface area (Å²) < 4.78 is 13.1. The van der Waals surface area contributed by atoms with Gasteiger partial charge in [0, 0.05) is 17.5 Å². The lowest BCUT2D eigenvalue weighted by molar-refractivity contribution is -0.111. The van der Waals surface area contributed by atoms with Crippen LogP contribution in [0.3, 0.4) is 0 Å². The Morgan fingerprint density at radius 1 is 1.20 bits per heavy atom. The van der Waals surface area contributed by atoms with Gasteiger partial charge >= 0.3 is 0 Å². The summed E-state index contributed by atoms with van der Waals surface area (Å²) in [5.41, 5.74) is 8.19. The molecule has 0 radical (unpaired) electrons. The van der Waals surface area contributed by atoms with E-state index in [9.17, 15) is 9.18 Å². The van der Waals surface area contributed by atoms with Crippen molar-refractivity contribution in [3.8, 4) is 0 Å². The number of aryl methyl sites for hydroxylation is 1. The lowest BCUT2D eigenvalue weighted by Crippen LogP contribution is -2.08. The number of benzene rings is 2. The van der Waals surface area contributed by atoms with Gasteiger partial charge in [-0.1, -0.05) is 12.1 Å². The fourth-order valence-corrected chi connectivity index (χ4v) is 1.69. The van der Waals surface area contributed by atoms with E-state index in [4.69, 9.17) is 5.73 Å². The number of nitrogen functional groups attached to an aromatic ring is 1. The molecule has 0 bridgehead atoms. The first kappa shape index (κ1) is 13.8. The lowest BCUT2D eigenvalue weighted by Gasteiger charge is -2.04. The van der Waals surface area contributed by atoms with Crippen LogP contribution in [0.5, 0.6) is 0 Å². The molecule has 3 N–H and O–H groups in total. The Labute approximate surface area is 116 Å². The van der Waals surface area contributed by atoms with Gasteiger partial charge in [-0.05, 0) is 54.5 Å². The molecule has 0 saturated carbocycles. The fraction of sp³-hybridized carbons (Fsp3) is 0.0625. The zero-order valence-electron chi connectivity index (χ0n) is 11.1. The highest BCUT2D eigenvalue weighted by molar-refractivity contribution is 6.01. The van der Waals surface area contributed by atoms with Gasteiger partial charge in [-0.25, -0.2) is 4.39 Å². The van der Waals surface area contributed by atoms with Crippen molar-refractivity contribution in [2.45, 2.75) is 6.92 Å². The van der Waals surface area contributed by atoms with Gasteiger partial charge in [0.2, 0.25) is 5.91 Å². The second-order valence-corrected chi connectivity index (χ2v) is 4.45. The third-order valence-electron chi connectivity index (χ3n) is 2.79. The van der Waals surface area contributed by atoms with Gasteiger partial charge < -0.3 is 11.1 Å². The van der Waals surface area contributed by atoms with E-state index in [1.807, 2.05) is 12.1 Å². The standard InChI is InChI=1S/C16H15FN2O/c1-11-10-14(7-8-15(11)17)19-16(20)9-4-12-2-5-13(18)6-3-12/h2-10H,18H2,1H3,(H,19,20)/b9-4+. The molecular weight excluding hydrogens is 255 g/mol. The zero-order chi connectivity index (χ0) is 14.5. The zero-order valence-corrected chi connectivity index (χ0v) is 11.1. The molecule has 0 heterocycles. The summed E-state index contributed by atoms with van der Waals surface area (Å²) in [7, 11) is 0. The van der Waals surface area contributed by atoms with Crippen molar-refractivity contribution in [1.29, 1.82) is 0 Å². The van der Waals surface area contributed by atoms with Crippen LogP contribution in [0.4, 0.5) is 15.8 Å². The number of hydrogen-bond donors (Lipinski definition) is 2. The van der Waals surface area contributed by atoms with Crippen molar-refractivity contribution in [3.05, 3.63) is 65.5 Å². The molecule has 102 valence electrons. The van der Waals surface area contributed by atoms with Gasteiger partial charge in [-0.15, -0.1) is 0 Å². The summed E-state index contributed by atoms with van der Waals surface area (Å²) >= 11 is 0. The first-order valence-electron chi connectivity index (χ1n) is 6.15. The van der Waals surface area contributed by atoms with Crippen LogP contribution >= 0.6 is 0 Å². The molecule has 4 heteroatoms. The summed E-state index contributed by atoms with van der Waals surface area (Å²) in [6, 6.07) is 11.6. The van der Waals surface area contributed by atoms with Crippen LogP contribution in [-0.2, 0) is 4.79 Å². The Bertz CT molecular complexity index is 648. The van der Waals surface area contributed by atoms with E-state index >= 15 is 0 Å². The summed E-state index contributed by atoms with van der Waals surface area (Å²) in [5, 5.41) is 2.67. The van der Waals surface area contributed by atoms with Gasteiger partial charge in [0.05, 0.1) is 0 Å². The third kappa shape index (κ3) is 3.68. The smallest absolute Gasteiger partial charge is 0.248 e. The molecule has 3 nitrogen and oxygen atoms in total. The van der Waals surface area contributed by atoms with E-state index in [0.29, 0.717) is 16.9 Å². The second kappa shape index (κ2) is 6.02. The van der Waals surface area contributed by atoms with Crippen LogP contribution in [0.15, 0.2) is 48.5 Å². The van der Waals surface area contributed by atoms with E-state index < -0.39 is 0 Å². The maximum atomic E-state index is 13.1. The molecule has 0 atom stereocenters. The van der Waals surface area contributed by atoms with Crippen molar-refractivity contribution >= 4 is 23.4 Å². The number of amides is 1. The minimum Gasteiger partial charge on any atom is -0.399 e. The maximum absolute atomic E-state index is 13.1. The van der Waals surface area contributed by atoms with Crippen LogP contribution in [0, 0.1) is 12.7 Å². The first-order valence-corrected chi connectivity index (χ1v) is 6.15. The van der Waals surface area contributed by atoms with Gasteiger partial charge in [0.1, 0.15) is 5.82 Å². The topological polar surface area (TPSA) is 55.1 Å². The monoisotopic (exact) mass is 270 g/mol. The SMILES string of the molecule is Cc1cc(NC(=O)/C=C/c2ccc(N)cc2)ccc1F. The molecule has 2 rings (SSSR count). The lowest BCUT2D eigenvalue weighted by atomic mass is 10.2. The molecule has 0 spiro atoms. The molecule has 0 fully saturated rings. The minimum absolute atomic E-state index is 0.271. The number of rotatable bonds is 3. The summed E-state index contributed by atoms with van der Waals surface area (Å²) in [5.74, 6) is -0.562. The maximum Gasteiger partial charge on any atom is 0.248 e. The van der Waals surface area contributed by atoms with Crippen molar-refractivity contribution in [1.82, 2.24) is 0 Å². The van der Waals surface area contributed by atoms with E-state index in [1.54, 1.807) is 31.2 Å².